The number of fused-ring (bicyclic) bond motifs is 1. The number of halogens is 1. The lowest BCUT2D eigenvalue weighted by atomic mass is 10.1. The van der Waals surface area contributed by atoms with Crippen molar-refractivity contribution in [3.63, 3.8) is 0 Å². The molecule has 1 unspecified atom stereocenters. The number of aromatic nitrogens is 2. The molecule has 0 saturated carbocycles. The van der Waals surface area contributed by atoms with Crippen LogP contribution in [0.5, 0.6) is 0 Å². The number of rotatable bonds is 2. The lowest BCUT2D eigenvalue weighted by molar-refractivity contribution is 0.194. The Morgan fingerprint density at radius 1 is 1.16 bits per heavy atom. The van der Waals surface area contributed by atoms with E-state index >= 15 is 0 Å². The molecule has 1 N–H and O–H groups in total. The van der Waals surface area contributed by atoms with Gasteiger partial charge < -0.3 is 5.11 Å². The second-order valence-corrected chi connectivity index (χ2v) is 4.44. The lowest BCUT2D eigenvalue weighted by Crippen LogP contribution is -1.99. The van der Waals surface area contributed by atoms with Gasteiger partial charge in [-0.3, -0.25) is 4.40 Å². The average Bonchev–Trinajstić information content (AvgIpc) is 2.81. The summed E-state index contributed by atoms with van der Waals surface area (Å²) in [6, 6.07) is 12.4. The van der Waals surface area contributed by atoms with Gasteiger partial charge >= 0.3 is 0 Å². The van der Waals surface area contributed by atoms with Gasteiger partial charge in [0, 0.05) is 11.8 Å². The summed E-state index contributed by atoms with van der Waals surface area (Å²) in [5, 5.41) is 9.96. The quantitative estimate of drug-likeness (QED) is 0.764. The highest BCUT2D eigenvalue weighted by Crippen LogP contribution is 2.29. The third-order valence-electron chi connectivity index (χ3n) is 3.08. The molecule has 0 fully saturated rings. The van der Waals surface area contributed by atoms with Crippen molar-refractivity contribution in [1.82, 2.24) is 9.38 Å². The van der Waals surface area contributed by atoms with Gasteiger partial charge in [-0.25, -0.2) is 9.37 Å². The fourth-order valence-corrected chi connectivity index (χ4v) is 2.26. The van der Waals surface area contributed by atoms with E-state index in [0.29, 0.717) is 11.4 Å². The van der Waals surface area contributed by atoms with Gasteiger partial charge in [-0.15, -0.1) is 0 Å². The zero-order valence-electron chi connectivity index (χ0n) is 10.4. The van der Waals surface area contributed by atoms with Crippen LogP contribution in [0.25, 0.3) is 16.9 Å². The molecule has 0 aliphatic heterocycles. The summed E-state index contributed by atoms with van der Waals surface area (Å²) in [5.74, 6) is -0.397. The van der Waals surface area contributed by atoms with E-state index in [1.165, 1.54) is 6.07 Å². The molecule has 1 aromatic carbocycles. The van der Waals surface area contributed by atoms with E-state index in [9.17, 15) is 9.50 Å². The first-order chi connectivity index (χ1) is 9.18. The molecule has 0 aliphatic carbocycles. The van der Waals surface area contributed by atoms with E-state index in [2.05, 4.69) is 4.98 Å². The Morgan fingerprint density at radius 3 is 2.58 bits per heavy atom. The summed E-state index contributed by atoms with van der Waals surface area (Å²) < 4.78 is 15.4. The molecule has 3 rings (SSSR count). The Bertz CT molecular complexity index is 720. The number of hydrogen-bond acceptors (Lipinski definition) is 2. The van der Waals surface area contributed by atoms with Gasteiger partial charge in [-0.2, -0.15) is 0 Å². The normalized spacial score (nSPS) is 12.8. The molecule has 2 heterocycles. The van der Waals surface area contributed by atoms with Crippen LogP contribution in [0.3, 0.4) is 0 Å². The minimum atomic E-state index is -0.730. The molecule has 2 aromatic heterocycles. The van der Waals surface area contributed by atoms with Crippen molar-refractivity contribution in [3.05, 3.63) is 60.2 Å². The van der Waals surface area contributed by atoms with Crippen LogP contribution < -0.4 is 0 Å². The molecule has 3 nitrogen and oxygen atoms in total. The van der Waals surface area contributed by atoms with Gasteiger partial charge in [0.15, 0.2) is 11.5 Å². The molecular weight excluding hydrogens is 243 g/mol. The number of benzene rings is 1. The maximum Gasteiger partial charge on any atom is 0.174 e. The highest BCUT2D eigenvalue weighted by atomic mass is 19.1. The van der Waals surface area contributed by atoms with Crippen molar-refractivity contribution in [2.45, 2.75) is 13.0 Å². The maximum absolute atomic E-state index is 13.8. The molecule has 96 valence electrons. The third-order valence-corrected chi connectivity index (χ3v) is 3.08. The van der Waals surface area contributed by atoms with E-state index in [1.807, 2.05) is 30.3 Å². The van der Waals surface area contributed by atoms with Gasteiger partial charge in [0.1, 0.15) is 0 Å². The van der Waals surface area contributed by atoms with Crippen LogP contribution in [0.15, 0.2) is 48.7 Å². The topological polar surface area (TPSA) is 37.5 Å². The predicted molar refractivity (Wildman–Crippen MR) is 71.2 cm³/mol. The summed E-state index contributed by atoms with van der Waals surface area (Å²) in [5.41, 5.74) is 2.31. The molecule has 3 aromatic rings. The van der Waals surface area contributed by atoms with Crippen LogP contribution in [-0.4, -0.2) is 14.5 Å². The smallest absolute Gasteiger partial charge is 0.174 e. The van der Waals surface area contributed by atoms with Gasteiger partial charge in [-0.1, -0.05) is 30.3 Å². The maximum atomic E-state index is 13.8. The summed E-state index contributed by atoms with van der Waals surface area (Å²) >= 11 is 0. The fourth-order valence-electron chi connectivity index (χ4n) is 2.26. The third kappa shape index (κ3) is 1.90. The number of pyridine rings is 1. The lowest BCUT2D eigenvalue weighted by Gasteiger charge is -2.07. The molecule has 0 spiro atoms. The van der Waals surface area contributed by atoms with Crippen LogP contribution in [0.1, 0.15) is 18.7 Å². The van der Waals surface area contributed by atoms with E-state index in [4.69, 9.17) is 0 Å². The largest absolute Gasteiger partial charge is 0.387 e. The summed E-state index contributed by atoms with van der Waals surface area (Å²) in [4.78, 5) is 4.33. The van der Waals surface area contributed by atoms with Crippen molar-refractivity contribution < 1.29 is 9.50 Å². The van der Waals surface area contributed by atoms with E-state index in [-0.39, 0.29) is 5.65 Å². The minimum absolute atomic E-state index is 0.234. The Morgan fingerprint density at radius 2 is 1.89 bits per heavy atom. The first-order valence-corrected chi connectivity index (χ1v) is 6.08. The van der Waals surface area contributed by atoms with Crippen LogP contribution in [-0.2, 0) is 0 Å². The van der Waals surface area contributed by atoms with Gasteiger partial charge in [0.25, 0.3) is 0 Å². The number of imidazole rings is 1. The van der Waals surface area contributed by atoms with Crippen molar-refractivity contribution in [2.24, 2.45) is 0 Å². The SMILES string of the molecule is CC(O)c1c(-c2ccccc2)nc2c(F)cccn12. The second-order valence-electron chi connectivity index (χ2n) is 4.44. The molecule has 0 radical (unpaired) electrons. The van der Waals surface area contributed by atoms with E-state index in [1.54, 1.807) is 23.6 Å². The molecule has 0 bridgehead atoms. The zero-order valence-corrected chi connectivity index (χ0v) is 10.4. The van der Waals surface area contributed by atoms with Gasteiger partial charge in [-0.05, 0) is 19.1 Å². The fraction of sp³-hybridized carbons (Fsp3) is 0.133. The summed E-state index contributed by atoms with van der Waals surface area (Å²) in [7, 11) is 0. The standard InChI is InChI=1S/C15H13FN2O/c1-10(19)14-13(11-6-3-2-4-7-11)17-15-12(16)8-5-9-18(14)15/h2-10,19H,1H3. The number of nitrogens with zero attached hydrogens (tertiary/aromatic N) is 2. The molecule has 4 heteroatoms. The van der Waals surface area contributed by atoms with Gasteiger partial charge in [0.05, 0.1) is 17.5 Å². The van der Waals surface area contributed by atoms with E-state index < -0.39 is 11.9 Å². The van der Waals surface area contributed by atoms with Crippen molar-refractivity contribution in [1.29, 1.82) is 0 Å². The first kappa shape index (κ1) is 11.9. The molecule has 19 heavy (non-hydrogen) atoms. The number of hydrogen-bond donors (Lipinski definition) is 1. The van der Waals surface area contributed by atoms with E-state index in [0.717, 1.165) is 5.56 Å². The monoisotopic (exact) mass is 256 g/mol. The van der Waals surface area contributed by atoms with Crippen LogP contribution in [0.4, 0.5) is 4.39 Å². The van der Waals surface area contributed by atoms with Crippen molar-refractivity contribution in [2.75, 3.05) is 0 Å². The second kappa shape index (κ2) is 4.48. The number of aliphatic hydroxyl groups excluding tert-OH is 1. The molecule has 1 atom stereocenters. The summed E-state index contributed by atoms with van der Waals surface area (Å²) in [6.07, 6.45) is 0.979. The number of aliphatic hydroxyl groups is 1. The Balaban J connectivity index is 2.36. The molecule has 0 amide bonds. The minimum Gasteiger partial charge on any atom is -0.387 e. The zero-order chi connectivity index (χ0) is 13.4. The highest BCUT2D eigenvalue weighted by Gasteiger charge is 2.19. The Kier molecular flexibility index (Phi) is 2.80. The average molecular weight is 256 g/mol. The highest BCUT2D eigenvalue weighted by molar-refractivity contribution is 5.67. The molecular formula is C15H13FN2O. The first-order valence-electron chi connectivity index (χ1n) is 6.08. The van der Waals surface area contributed by atoms with Crippen LogP contribution in [0, 0.1) is 5.82 Å². The van der Waals surface area contributed by atoms with Crippen molar-refractivity contribution >= 4 is 5.65 Å². The Hall–Kier alpha value is -2.20. The predicted octanol–water partition coefficient (Wildman–Crippen LogP) is 3.19. The van der Waals surface area contributed by atoms with Gasteiger partial charge in [0.2, 0.25) is 0 Å². The van der Waals surface area contributed by atoms with Crippen molar-refractivity contribution in [3.8, 4) is 11.3 Å². The summed E-state index contributed by atoms with van der Waals surface area (Å²) in [6.45, 7) is 1.65. The Labute approximate surface area is 110 Å². The van der Waals surface area contributed by atoms with Crippen LogP contribution >= 0.6 is 0 Å². The molecule has 0 saturated heterocycles. The van der Waals surface area contributed by atoms with Crippen LogP contribution in [0.2, 0.25) is 0 Å². The molecule has 0 aliphatic rings.